The molecule has 5 N–H and O–H groups in total. The predicted molar refractivity (Wildman–Crippen MR) is 140 cm³/mol. The molecule has 2 fully saturated rings. The van der Waals surface area contributed by atoms with Crippen molar-refractivity contribution in [2.24, 2.45) is 0 Å². The van der Waals surface area contributed by atoms with Gasteiger partial charge in [-0.3, -0.25) is 4.57 Å². The van der Waals surface area contributed by atoms with E-state index in [1.165, 1.54) is 0 Å². The fraction of sp³-hybridized carbons (Fsp3) is 0.545. The zero-order chi connectivity index (χ0) is 27.9. The molecule has 3 aromatic rings. The van der Waals surface area contributed by atoms with Crippen LogP contribution in [0.1, 0.15) is 37.5 Å². The highest BCUT2D eigenvalue weighted by atomic mass is 35.5. The maximum atomic E-state index is 13.2. The Morgan fingerprint density at radius 1 is 1.13 bits per heavy atom. The van der Waals surface area contributed by atoms with Crippen molar-refractivity contribution >= 4 is 46.0 Å². The Morgan fingerprint density at radius 3 is 2.49 bits per heavy atom. The zero-order valence-electron chi connectivity index (χ0n) is 20.5. The molecule has 0 spiro atoms. The zero-order valence-corrected chi connectivity index (χ0v) is 23.0. The van der Waals surface area contributed by atoms with E-state index in [4.69, 9.17) is 16.3 Å². The second-order valence-corrected chi connectivity index (χ2v) is 14.5. The summed E-state index contributed by atoms with van der Waals surface area (Å²) in [7, 11) is -9.67. The minimum Gasteiger partial charge on any atom is -0.387 e. The normalized spacial score (nSPS) is 25.4. The fourth-order valence-electron chi connectivity index (χ4n) is 5.02. The lowest BCUT2D eigenvalue weighted by Gasteiger charge is -2.22. The second kappa shape index (κ2) is 11.0. The van der Waals surface area contributed by atoms with Crippen molar-refractivity contribution in [1.29, 1.82) is 0 Å². The van der Waals surface area contributed by atoms with Gasteiger partial charge in [-0.25, -0.2) is 8.42 Å². The van der Waals surface area contributed by atoms with Crippen molar-refractivity contribution < 1.29 is 37.7 Å². The summed E-state index contributed by atoms with van der Waals surface area (Å²) in [5, 5.41) is 32.7. The molecule has 3 heterocycles. The molecule has 0 radical (unpaired) electrons. The number of sulfone groups is 1. The van der Waals surface area contributed by atoms with E-state index < -0.39 is 59.1 Å². The number of aliphatic hydroxyl groups is 2. The van der Waals surface area contributed by atoms with Gasteiger partial charge in [0, 0.05) is 12.5 Å². The van der Waals surface area contributed by atoms with Gasteiger partial charge in [0.25, 0.3) is 0 Å². The van der Waals surface area contributed by atoms with Gasteiger partial charge in [0.05, 0.1) is 5.75 Å². The Hall–Kier alpha value is -2.23. The van der Waals surface area contributed by atoms with Crippen molar-refractivity contribution in [3.63, 3.8) is 0 Å². The lowest BCUT2D eigenvalue weighted by atomic mass is 10.1. The third kappa shape index (κ3) is 5.95. The standard InChI is InChI=1S/C22H28ClN6O8PS/c23-22-25-19(24-13-8-4-5-9-13)16-20(26-22)29(28-27-16)21-18(31)17(30)14(37-21)11-39(35,36)15(38(32,33)34)10-12-6-2-1-3-7-12/h1-3,6-7,13-15,17-18,21,30-31H,4-5,8-11H2,(H,24,25,26)(H2,32,33,34)/t14-,15?,17-,18-,21-/m1/s1. The number of nitrogens with zero attached hydrogens (tertiary/aromatic N) is 5. The molecule has 39 heavy (non-hydrogen) atoms. The Balaban J connectivity index is 1.39. The maximum absolute atomic E-state index is 13.2. The van der Waals surface area contributed by atoms with Gasteiger partial charge in [-0.05, 0) is 30.0 Å². The number of benzene rings is 1. The van der Waals surface area contributed by atoms with Gasteiger partial charge < -0.3 is 30.1 Å². The van der Waals surface area contributed by atoms with Crippen LogP contribution in [0.3, 0.4) is 0 Å². The second-order valence-electron chi connectivity index (χ2n) is 9.78. The molecule has 1 saturated heterocycles. The molecule has 5 rings (SSSR count). The van der Waals surface area contributed by atoms with Crippen molar-refractivity contribution in [3.8, 4) is 0 Å². The average molecular weight is 603 g/mol. The minimum absolute atomic E-state index is 0.0902. The molecule has 1 unspecified atom stereocenters. The van der Waals surface area contributed by atoms with Gasteiger partial charge in [-0.1, -0.05) is 48.4 Å². The first-order chi connectivity index (χ1) is 18.4. The Morgan fingerprint density at radius 2 is 1.82 bits per heavy atom. The summed E-state index contributed by atoms with van der Waals surface area (Å²) in [5.74, 6) is -0.609. The van der Waals surface area contributed by atoms with Gasteiger partial charge in [0.2, 0.25) is 5.28 Å². The van der Waals surface area contributed by atoms with Crippen molar-refractivity contribution in [3.05, 3.63) is 41.2 Å². The van der Waals surface area contributed by atoms with E-state index in [1.54, 1.807) is 30.3 Å². The lowest BCUT2D eigenvalue weighted by Crippen LogP contribution is -2.38. The summed E-state index contributed by atoms with van der Waals surface area (Å²) in [5.41, 5.74) is 0.748. The predicted octanol–water partition coefficient (Wildman–Crippen LogP) is 1.01. The number of anilines is 1. The summed E-state index contributed by atoms with van der Waals surface area (Å²) in [6, 6.07) is 8.21. The molecule has 2 aromatic heterocycles. The van der Waals surface area contributed by atoms with Crippen LogP contribution in [-0.2, 0) is 25.6 Å². The first-order valence-corrected chi connectivity index (χ1v) is 16.1. The van der Waals surface area contributed by atoms with E-state index >= 15 is 0 Å². The molecule has 1 aliphatic heterocycles. The molecule has 5 atom stereocenters. The molecule has 1 saturated carbocycles. The summed E-state index contributed by atoms with van der Waals surface area (Å²) >= 11 is 6.13. The third-order valence-electron chi connectivity index (χ3n) is 7.01. The van der Waals surface area contributed by atoms with Crippen LogP contribution in [0.5, 0.6) is 0 Å². The van der Waals surface area contributed by atoms with E-state index in [1.807, 2.05) is 0 Å². The minimum atomic E-state index is -5.13. The molecular formula is C22H28ClN6O8PS. The number of rotatable bonds is 9. The number of hydrogen-bond acceptors (Lipinski definition) is 11. The molecule has 1 aliphatic carbocycles. The van der Waals surface area contributed by atoms with Gasteiger partial charge >= 0.3 is 7.60 Å². The van der Waals surface area contributed by atoms with Crippen LogP contribution in [0.2, 0.25) is 5.28 Å². The van der Waals surface area contributed by atoms with Crippen LogP contribution in [-0.4, -0.2) is 88.5 Å². The van der Waals surface area contributed by atoms with Crippen LogP contribution >= 0.6 is 19.2 Å². The van der Waals surface area contributed by atoms with E-state index in [0.717, 1.165) is 30.4 Å². The topological polar surface area (TPSA) is 210 Å². The van der Waals surface area contributed by atoms with Crippen molar-refractivity contribution in [2.45, 2.75) is 67.7 Å². The molecule has 212 valence electrons. The first-order valence-electron chi connectivity index (χ1n) is 12.3. The maximum Gasteiger partial charge on any atom is 0.343 e. The number of ether oxygens (including phenoxy) is 1. The smallest absolute Gasteiger partial charge is 0.343 e. The lowest BCUT2D eigenvalue weighted by molar-refractivity contribution is -0.0375. The molecule has 1 aromatic carbocycles. The third-order valence-corrected chi connectivity index (χ3v) is 11.7. The van der Waals surface area contributed by atoms with Crippen molar-refractivity contribution in [1.82, 2.24) is 25.0 Å². The highest BCUT2D eigenvalue weighted by Gasteiger charge is 2.50. The number of fused-ring (bicyclic) bond motifs is 1. The van der Waals surface area contributed by atoms with Gasteiger partial charge in [-0.15, -0.1) is 5.10 Å². The van der Waals surface area contributed by atoms with Gasteiger partial charge in [-0.2, -0.15) is 14.6 Å². The van der Waals surface area contributed by atoms with Crippen molar-refractivity contribution in [2.75, 3.05) is 11.1 Å². The SMILES string of the molecule is O=P(O)(O)C(Cc1ccccc1)S(=O)(=O)C[C@H]1O[C@@H](n2nnc3c(NC4CCCC4)nc(Cl)nc32)[C@H](O)[C@@H]1O. The van der Waals surface area contributed by atoms with E-state index in [-0.39, 0.29) is 22.5 Å². The van der Waals surface area contributed by atoms with Crippen LogP contribution in [0.25, 0.3) is 11.2 Å². The quantitative estimate of drug-likeness (QED) is 0.171. The number of nitrogens with one attached hydrogen (secondary N) is 1. The van der Waals surface area contributed by atoms with E-state index in [0.29, 0.717) is 11.4 Å². The Kier molecular flexibility index (Phi) is 7.97. The van der Waals surface area contributed by atoms with Crippen LogP contribution in [0.4, 0.5) is 5.82 Å². The van der Waals surface area contributed by atoms with Gasteiger partial charge in [0.15, 0.2) is 38.0 Å². The highest BCUT2D eigenvalue weighted by molar-refractivity contribution is 7.98. The molecule has 17 heteroatoms. The van der Waals surface area contributed by atoms with Crippen LogP contribution in [0, 0.1) is 0 Å². The molecule has 0 amide bonds. The first kappa shape index (κ1) is 28.3. The van der Waals surface area contributed by atoms with E-state index in [2.05, 4.69) is 25.6 Å². The van der Waals surface area contributed by atoms with E-state index in [9.17, 15) is 33.0 Å². The van der Waals surface area contributed by atoms with Crippen LogP contribution in [0.15, 0.2) is 30.3 Å². The molecule has 2 aliphatic rings. The molecule has 0 bridgehead atoms. The summed E-state index contributed by atoms with van der Waals surface area (Å²) in [4.78, 5) is 26.0. The number of halogens is 1. The average Bonchev–Trinajstić information content (AvgIpc) is 3.59. The summed E-state index contributed by atoms with van der Waals surface area (Å²) < 4.78 is 45.4. The molecule has 14 nitrogen and oxygen atoms in total. The summed E-state index contributed by atoms with van der Waals surface area (Å²) in [6.07, 6.45) is -2.69. The number of hydrogen-bond donors (Lipinski definition) is 5. The summed E-state index contributed by atoms with van der Waals surface area (Å²) in [6.45, 7) is 0. The van der Waals surface area contributed by atoms with Gasteiger partial charge in [0.1, 0.15) is 18.3 Å². The Labute approximate surface area is 228 Å². The number of aromatic nitrogens is 5. The van der Waals surface area contributed by atoms with Crippen LogP contribution < -0.4 is 5.32 Å². The Bertz CT molecular complexity index is 1480. The highest BCUT2D eigenvalue weighted by Crippen LogP contribution is 2.47. The number of aliphatic hydroxyl groups excluding tert-OH is 2. The largest absolute Gasteiger partial charge is 0.387 e. The fourth-order valence-corrected chi connectivity index (χ4v) is 8.97. The molecular weight excluding hydrogens is 575 g/mol. The monoisotopic (exact) mass is 602 g/mol.